The summed E-state index contributed by atoms with van der Waals surface area (Å²) in [5.41, 5.74) is 10.6. The summed E-state index contributed by atoms with van der Waals surface area (Å²) in [5, 5.41) is 3.92. The van der Waals surface area contributed by atoms with E-state index in [1.54, 1.807) is 0 Å². The first-order valence-electron chi connectivity index (χ1n) is 8.89. The van der Waals surface area contributed by atoms with Crippen LogP contribution in [0, 0.1) is 13.8 Å². The third-order valence-corrected chi connectivity index (χ3v) is 5.03. The van der Waals surface area contributed by atoms with E-state index in [0.29, 0.717) is 5.02 Å². The SMILES string of the molecule is Cc1cc(C)c(NC(=S)NNC(=O)CN2CCCc3ccccc32)c(Cl)c1. The number of thiocarbonyl (C=S) groups is 1. The van der Waals surface area contributed by atoms with Crippen molar-refractivity contribution in [3.8, 4) is 0 Å². The molecule has 0 fully saturated rings. The number of aryl methyl sites for hydroxylation is 3. The minimum atomic E-state index is -0.150. The predicted molar refractivity (Wildman–Crippen MR) is 115 cm³/mol. The molecule has 7 heteroatoms. The lowest BCUT2D eigenvalue weighted by molar-refractivity contribution is -0.120. The van der Waals surface area contributed by atoms with E-state index in [4.69, 9.17) is 23.8 Å². The van der Waals surface area contributed by atoms with Crippen LogP contribution in [0.5, 0.6) is 0 Å². The van der Waals surface area contributed by atoms with E-state index in [0.717, 1.165) is 41.9 Å². The van der Waals surface area contributed by atoms with Crippen LogP contribution in [0.2, 0.25) is 5.02 Å². The Balaban J connectivity index is 1.53. The summed E-state index contributed by atoms with van der Waals surface area (Å²) in [6.45, 7) is 5.08. The molecule has 3 rings (SSSR count). The number of para-hydroxylation sites is 1. The molecule has 0 spiro atoms. The Bertz CT molecular complexity index is 848. The van der Waals surface area contributed by atoms with Crippen molar-refractivity contribution >= 4 is 46.2 Å². The molecule has 5 nitrogen and oxygen atoms in total. The normalized spacial score (nSPS) is 12.9. The first-order valence-corrected chi connectivity index (χ1v) is 9.68. The van der Waals surface area contributed by atoms with Crippen molar-refractivity contribution in [2.45, 2.75) is 26.7 Å². The first-order chi connectivity index (χ1) is 12.9. The monoisotopic (exact) mass is 402 g/mol. The van der Waals surface area contributed by atoms with Crippen molar-refractivity contribution in [1.29, 1.82) is 0 Å². The molecule has 0 unspecified atom stereocenters. The van der Waals surface area contributed by atoms with E-state index >= 15 is 0 Å². The van der Waals surface area contributed by atoms with Crippen LogP contribution < -0.4 is 21.1 Å². The molecule has 0 aliphatic carbocycles. The minimum absolute atomic E-state index is 0.150. The quantitative estimate of drug-likeness (QED) is 0.539. The summed E-state index contributed by atoms with van der Waals surface area (Å²) in [4.78, 5) is 14.4. The van der Waals surface area contributed by atoms with Gasteiger partial charge in [0.15, 0.2) is 5.11 Å². The standard InChI is InChI=1S/C20H23ClN4OS/c1-13-10-14(2)19(16(21)11-13)22-20(27)24-23-18(26)12-25-9-5-7-15-6-3-4-8-17(15)25/h3-4,6,8,10-11H,5,7,9,12H2,1-2H3,(H,23,26)(H2,22,24,27). The van der Waals surface area contributed by atoms with Gasteiger partial charge in [-0.05, 0) is 67.7 Å². The van der Waals surface area contributed by atoms with Gasteiger partial charge in [0.1, 0.15) is 0 Å². The Kier molecular flexibility index (Phi) is 6.19. The van der Waals surface area contributed by atoms with Crippen LogP contribution in [0.3, 0.4) is 0 Å². The van der Waals surface area contributed by atoms with Gasteiger partial charge in [-0.1, -0.05) is 35.9 Å². The van der Waals surface area contributed by atoms with E-state index in [9.17, 15) is 4.79 Å². The molecule has 0 saturated carbocycles. The zero-order chi connectivity index (χ0) is 19.4. The van der Waals surface area contributed by atoms with Crippen LogP contribution >= 0.6 is 23.8 Å². The van der Waals surface area contributed by atoms with Crippen molar-refractivity contribution in [1.82, 2.24) is 10.9 Å². The summed E-state index contributed by atoms with van der Waals surface area (Å²) in [6, 6.07) is 12.1. The highest BCUT2D eigenvalue weighted by Gasteiger charge is 2.18. The zero-order valence-electron chi connectivity index (χ0n) is 15.4. The van der Waals surface area contributed by atoms with Crippen molar-refractivity contribution in [2.75, 3.05) is 23.3 Å². The summed E-state index contributed by atoms with van der Waals surface area (Å²) < 4.78 is 0. The molecule has 0 bridgehead atoms. The molecule has 0 aromatic heterocycles. The second-order valence-electron chi connectivity index (χ2n) is 6.72. The minimum Gasteiger partial charge on any atom is -0.362 e. The summed E-state index contributed by atoms with van der Waals surface area (Å²) in [6.07, 6.45) is 2.10. The molecule has 0 saturated heterocycles. The fourth-order valence-corrected chi connectivity index (χ4v) is 3.86. The smallest absolute Gasteiger partial charge is 0.257 e. The number of carbonyl (C=O) groups is 1. The van der Waals surface area contributed by atoms with E-state index in [2.05, 4.69) is 33.2 Å². The van der Waals surface area contributed by atoms with Gasteiger partial charge >= 0.3 is 0 Å². The average molecular weight is 403 g/mol. The lowest BCUT2D eigenvalue weighted by Crippen LogP contribution is -2.48. The van der Waals surface area contributed by atoms with Gasteiger partial charge in [0.05, 0.1) is 17.3 Å². The van der Waals surface area contributed by atoms with E-state index in [1.807, 2.05) is 38.1 Å². The summed E-state index contributed by atoms with van der Waals surface area (Å²) in [7, 11) is 0. The van der Waals surface area contributed by atoms with E-state index in [-0.39, 0.29) is 17.6 Å². The molecule has 1 heterocycles. The number of nitrogens with zero attached hydrogens (tertiary/aromatic N) is 1. The van der Waals surface area contributed by atoms with Crippen molar-refractivity contribution in [3.05, 3.63) is 58.1 Å². The Morgan fingerprint density at radius 3 is 2.78 bits per heavy atom. The van der Waals surface area contributed by atoms with Crippen molar-refractivity contribution < 1.29 is 4.79 Å². The number of hydrogen-bond donors (Lipinski definition) is 3. The second kappa shape index (κ2) is 8.59. The third-order valence-electron chi connectivity index (χ3n) is 4.53. The maximum absolute atomic E-state index is 12.3. The van der Waals surface area contributed by atoms with Gasteiger partial charge in [0, 0.05) is 12.2 Å². The molecular weight excluding hydrogens is 380 g/mol. The number of hydrazine groups is 1. The van der Waals surface area contributed by atoms with Gasteiger partial charge in [-0.15, -0.1) is 0 Å². The number of amides is 1. The van der Waals surface area contributed by atoms with Gasteiger partial charge < -0.3 is 10.2 Å². The number of hydrogen-bond acceptors (Lipinski definition) is 3. The molecule has 0 atom stereocenters. The second-order valence-corrected chi connectivity index (χ2v) is 7.54. The number of fused-ring (bicyclic) bond motifs is 1. The number of benzene rings is 2. The van der Waals surface area contributed by atoms with Crippen LogP contribution in [-0.4, -0.2) is 24.1 Å². The zero-order valence-corrected chi connectivity index (χ0v) is 17.0. The molecule has 0 radical (unpaired) electrons. The Morgan fingerprint density at radius 1 is 1.22 bits per heavy atom. The lowest BCUT2D eigenvalue weighted by Gasteiger charge is -2.30. The number of nitrogens with one attached hydrogen (secondary N) is 3. The van der Waals surface area contributed by atoms with Crippen LogP contribution in [0.25, 0.3) is 0 Å². The van der Waals surface area contributed by atoms with Gasteiger partial charge in [-0.2, -0.15) is 0 Å². The highest BCUT2D eigenvalue weighted by atomic mass is 35.5. The summed E-state index contributed by atoms with van der Waals surface area (Å²) >= 11 is 11.5. The molecule has 27 heavy (non-hydrogen) atoms. The highest BCUT2D eigenvalue weighted by Crippen LogP contribution is 2.27. The van der Waals surface area contributed by atoms with Gasteiger partial charge in [0.25, 0.3) is 5.91 Å². The van der Waals surface area contributed by atoms with Gasteiger partial charge in [-0.25, -0.2) is 0 Å². The van der Waals surface area contributed by atoms with E-state index in [1.165, 1.54) is 5.56 Å². The van der Waals surface area contributed by atoms with Gasteiger partial charge in [-0.3, -0.25) is 15.6 Å². The molecule has 1 aliphatic rings. The Morgan fingerprint density at radius 2 is 2.00 bits per heavy atom. The fraction of sp³-hybridized carbons (Fsp3) is 0.300. The number of rotatable bonds is 3. The molecular formula is C20H23ClN4OS. The number of halogens is 1. The van der Waals surface area contributed by atoms with Crippen LogP contribution in [0.15, 0.2) is 36.4 Å². The Hall–Kier alpha value is -2.31. The molecule has 142 valence electrons. The topological polar surface area (TPSA) is 56.4 Å². The van der Waals surface area contributed by atoms with Crippen LogP contribution in [0.1, 0.15) is 23.1 Å². The number of anilines is 2. The first kappa shape index (κ1) is 19.5. The fourth-order valence-electron chi connectivity index (χ4n) is 3.33. The molecule has 2 aromatic rings. The molecule has 3 N–H and O–H groups in total. The molecule has 1 aliphatic heterocycles. The highest BCUT2D eigenvalue weighted by molar-refractivity contribution is 7.80. The number of carbonyl (C=O) groups excluding carboxylic acids is 1. The average Bonchev–Trinajstić information content (AvgIpc) is 2.63. The third kappa shape index (κ3) is 4.90. The lowest BCUT2D eigenvalue weighted by atomic mass is 10.0. The summed E-state index contributed by atoms with van der Waals surface area (Å²) in [5.74, 6) is -0.150. The van der Waals surface area contributed by atoms with E-state index < -0.39 is 0 Å². The largest absolute Gasteiger partial charge is 0.362 e. The van der Waals surface area contributed by atoms with Crippen molar-refractivity contribution in [2.24, 2.45) is 0 Å². The predicted octanol–water partition coefficient (Wildman–Crippen LogP) is 3.73. The Labute approximate surface area is 170 Å². The maximum Gasteiger partial charge on any atom is 0.257 e. The van der Waals surface area contributed by atoms with Crippen molar-refractivity contribution in [3.63, 3.8) is 0 Å². The molecule has 2 aromatic carbocycles. The van der Waals surface area contributed by atoms with Gasteiger partial charge in [0.2, 0.25) is 0 Å². The van der Waals surface area contributed by atoms with Crippen LogP contribution in [0.4, 0.5) is 11.4 Å². The molecule has 1 amide bonds. The van der Waals surface area contributed by atoms with Crippen LogP contribution in [-0.2, 0) is 11.2 Å². The maximum atomic E-state index is 12.3.